The molecule has 1 amide bonds. The minimum absolute atomic E-state index is 0.0581. The number of hydrogen-bond donors (Lipinski definition) is 2. The van der Waals surface area contributed by atoms with Gasteiger partial charge in [-0.3, -0.25) is 4.79 Å². The average molecular weight is 223 g/mol. The topological polar surface area (TPSA) is 58.6 Å². The number of aliphatic hydroxyl groups is 1. The molecule has 4 heteroatoms. The minimum atomic E-state index is -0.224. The first kappa shape index (κ1) is 12.5. The number of amides is 1. The van der Waals surface area contributed by atoms with Crippen molar-refractivity contribution in [2.24, 2.45) is 0 Å². The first-order chi connectivity index (χ1) is 7.72. The molecule has 0 radical (unpaired) electrons. The van der Waals surface area contributed by atoms with Crippen LogP contribution < -0.4 is 10.1 Å². The van der Waals surface area contributed by atoms with Gasteiger partial charge in [0.15, 0.2) is 0 Å². The van der Waals surface area contributed by atoms with Gasteiger partial charge in [-0.1, -0.05) is 19.1 Å². The number of aliphatic hydroxyl groups excluding tert-OH is 1. The molecule has 88 valence electrons. The van der Waals surface area contributed by atoms with Crippen LogP contribution in [0, 0.1) is 0 Å². The van der Waals surface area contributed by atoms with Gasteiger partial charge in [0.25, 0.3) is 5.91 Å². The van der Waals surface area contributed by atoms with Crippen LogP contribution in [0.4, 0.5) is 0 Å². The van der Waals surface area contributed by atoms with Crippen molar-refractivity contribution in [1.82, 2.24) is 5.32 Å². The van der Waals surface area contributed by atoms with E-state index in [4.69, 9.17) is 9.84 Å². The fourth-order valence-corrected chi connectivity index (χ4v) is 1.37. The standard InChI is InChI=1S/C12H17NO3/c1-3-9(8-14)13-12(15)10-6-4-5-7-11(10)16-2/h4-7,9,14H,3,8H2,1-2H3,(H,13,15)/t9-/m0/s1. The zero-order valence-electron chi connectivity index (χ0n) is 9.56. The molecule has 0 aliphatic heterocycles. The van der Waals surface area contributed by atoms with Crippen LogP contribution in [0.2, 0.25) is 0 Å². The van der Waals surface area contributed by atoms with Crippen LogP contribution >= 0.6 is 0 Å². The maximum Gasteiger partial charge on any atom is 0.255 e. The van der Waals surface area contributed by atoms with Crippen molar-refractivity contribution in [1.29, 1.82) is 0 Å². The Morgan fingerprint density at radius 2 is 2.19 bits per heavy atom. The number of carbonyl (C=O) groups excluding carboxylic acids is 1. The molecule has 1 atom stereocenters. The van der Waals surface area contributed by atoms with Crippen molar-refractivity contribution in [3.63, 3.8) is 0 Å². The Morgan fingerprint density at radius 1 is 1.50 bits per heavy atom. The van der Waals surface area contributed by atoms with Gasteiger partial charge in [-0.15, -0.1) is 0 Å². The number of benzene rings is 1. The average Bonchev–Trinajstić information content (AvgIpc) is 2.35. The van der Waals surface area contributed by atoms with Gasteiger partial charge in [0.1, 0.15) is 5.75 Å². The Kier molecular flexibility index (Phi) is 4.79. The molecular formula is C12H17NO3. The molecule has 0 unspecified atom stereocenters. The Bertz CT molecular complexity index is 348. The number of rotatable bonds is 5. The van der Waals surface area contributed by atoms with Crippen molar-refractivity contribution in [3.8, 4) is 5.75 Å². The second-order valence-electron chi connectivity index (χ2n) is 3.46. The third-order valence-electron chi connectivity index (χ3n) is 2.40. The molecule has 0 aromatic heterocycles. The SMILES string of the molecule is CC[C@@H](CO)NC(=O)c1ccccc1OC. The van der Waals surface area contributed by atoms with E-state index in [9.17, 15) is 4.79 Å². The van der Waals surface area contributed by atoms with E-state index in [1.807, 2.05) is 6.92 Å². The van der Waals surface area contributed by atoms with Crippen molar-refractivity contribution in [2.75, 3.05) is 13.7 Å². The molecule has 4 nitrogen and oxygen atoms in total. The molecule has 0 spiro atoms. The second-order valence-corrected chi connectivity index (χ2v) is 3.46. The van der Waals surface area contributed by atoms with Crippen molar-refractivity contribution in [2.45, 2.75) is 19.4 Å². The van der Waals surface area contributed by atoms with Crippen molar-refractivity contribution >= 4 is 5.91 Å². The van der Waals surface area contributed by atoms with Crippen LogP contribution in [0.5, 0.6) is 5.75 Å². The van der Waals surface area contributed by atoms with Gasteiger partial charge in [-0.25, -0.2) is 0 Å². The van der Waals surface area contributed by atoms with Crippen LogP contribution in [0.25, 0.3) is 0 Å². The lowest BCUT2D eigenvalue weighted by Gasteiger charge is -2.15. The summed E-state index contributed by atoms with van der Waals surface area (Å²) in [5, 5.41) is 11.7. The Labute approximate surface area is 95.2 Å². The smallest absolute Gasteiger partial charge is 0.255 e. The highest BCUT2D eigenvalue weighted by Crippen LogP contribution is 2.17. The van der Waals surface area contributed by atoms with Crippen molar-refractivity contribution in [3.05, 3.63) is 29.8 Å². The molecule has 1 aromatic carbocycles. The fraction of sp³-hybridized carbons (Fsp3) is 0.417. The normalized spacial score (nSPS) is 11.9. The van der Waals surface area contributed by atoms with E-state index in [2.05, 4.69) is 5.32 Å². The van der Waals surface area contributed by atoms with E-state index >= 15 is 0 Å². The molecule has 1 aromatic rings. The molecule has 0 fully saturated rings. The number of hydrogen-bond acceptors (Lipinski definition) is 3. The fourth-order valence-electron chi connectivity index (χ4n) is 1.37. The van der Waals surface area contributed by atoms with Crippen LogP contribution in [-0.4, -0.2) is 30.8 Å². The highest BCUT2D eigenvalue weighted by Gasteiger charge is 2.14. The lowest BCUT2D eigenvalue weighted by atomic mass is 10.1. The lowest BCUT2D eigenvalue weighted by molar-refractivity contribution is 0.0912. The highest BCUT2D eigenvalue weighted by molar-refractivity contribution is 5.97. The van der Waals surface area contributed by atoms with Crippen molar-refractivity contribution < 1.29 is 14.6 Å². The van der Waals surface area contributed by atoms with Crippen LogP contribution in [0.3, 0.4) is 0 Å². The van der Waals surface area contributed by atoms with Gasteiger partial charge in [-0.05, 0) is 18.6 Å². The van der Waals surface area contributed by atoms with E-state index in [0.29, 0.717) is 17.7 Å². The molecule has 16 heavy (non-hydrogen) atoms. The van der Waals surface area contributed by atoms with E-state index in [1.165, 1.54) is 7.11 Å². The summed E-state index contributed by atoms with van der Waals surface area (Å²) in [6.45, 7) is 1.85. The Morgan fingerprint density at radius 3 is 2.75 bits per heavy atom. The summed E-state index contributed by atoms with van der Waals surface area (Å²) in [6.07, 6.45) is 0.692. The van der Waals surface area contributed by atoms with Crippen LogP contribution in [-0.2, 0) is 0 Å². The molecule has 2 N–H and O–H groups in total. The summed E-state index contributed by atoms with van der Waals surface area (Å²) in [5.41, 5.74) is 0.483. The third kappa shape index (κ3) is 2.97. The zero-order valence-corrected chi connectivity index (χ0v) is 9.56. The van der Waals surface area contributed by atoms with E-state index in [-0.39, 0.29) is 18.6 Å². The minimum Gasteiger partial charge on any atom is -0.496 e. The predicted molar refractivity (Wildman–Crippen MR) is 61.6 cm³/mol. The quantitative estimate of drug-likeness (QED) is 0.788. The van der Waals surface area contributed by atoms with Gasteiger partial charge in [0.05, 0.1) is 25.3 Å². The van der Waals surface area contributed by atoms with E-state index in [1.54, 1.807) is 24.3 Å². The lowest BCUT2D eigenvalue weighted by Crippen LogP contribution is -2.37. The van der Waals surface area contributed by atoms with Gasteiger partial charge in [0.2, 0.25) is 0 Å². The number of ether oxygens (including phenoxy) is 1. The second kappa shape index (κ2) is 6.12. The molecular weight excluding hydrogens is 206 g/mol. The van der Waals surface area contributed by atoms with Gasteiger partial charge in [0, 0.05) is 0 Å². The maximum absolute atomic E-state index is 11.9. The molecule has 0 bridgehead atoms. The number of nitrogens with one attached hydrogen (secondary N) is 1. The summed E-state index contributed by atoms with van der Waals surface area (Å²) in [6, 6.07) is 6.79. The van der Waals surface area contributed by atoms with E-state index in [0.717, 1.165) is 0 Å². The van der Waals surface area contributed by atoms with Gasteiger partial charge < -0.3 is 15.2 Å². The Hall–Kier alpha value is -1.55. The monoisotopic (exact) mass is 223 g/mol. The molecule has 0 aliphatic carbocycles. The summed E-state index contributed by atoms with van der Waals surface area (Å²) in [5.74, 6) is 0.311. The highest BCUT2D eigenvalue weighted by atomic mass is 16.5. The molecule has 1 rings (SSSR count). The summed E-state index contributed by atoms with van der Waals surface area (Å²) >= 11 is 0. The largest absolute Gasteiger partial charge is 0.496 e. The number of para-hydroxylation sites is 1. The first-order valence-electron chi connectivity index (χ1n) is 5.27. The van der Waals surface area contributed by atoms with E-state index < -0.39 is 0 Å². The predicted octanol–water partition coefficient (Wildman–Crippen LogP) is 1.20. The maximum atomic E-state index is 11.9. The molecule has 0 saturated heterocycles. The molecule has 0 saturated carbocycles. The Balaban J connectivity index is 2.79. The van der Waals surface area contributed by atoms with Crippen LogP contribution in [0.1, 0.15) is 23.7 Å². The summed E-state index contributed by atoms with van der Waals surface area (Å²) < 4.78 is 5.09. The molecule has 0 aliphatic rings. The van der Waals surface area contributed by atoms with Gasteiger partial charge in [-0.2, -0.15) is 0 Å². The number of methoxy groups -OCH3 is 1. The first-order valence-corrected chi connectivity index (χ1v) is 5.27. The van der Waals surface area contributed by atoms with Crippen LogP contribution in [0.15, 0.2) is 24.3 Å². The summed E-state index contributed by atoms with van der Waals surface area (Å²) in [7, 11) is 1.52. The number of carbonyl (C=O) groups is 1. The van der Waals surface area contributed by atoms with Gasteiger partial charge >= 0.3 is 0 Å². The third-order valence-corrected chi connectivity index (χ3v) is 2.40. The molecule has 0 heterocycles. The zero-order chi connectivity index (χ0) is 12.0. The summed E-state index contributed by atoms with van der Waals surface area (Å²) in [4.78, 5) is 11.9.